The maximum atomic E-state index is 10.8. The number of aromatic nitrogens is 3. The number of hydrogen-bond acceptors (Lipinski definition) is 5. The van der Waals surface area contributed by atoms with Gasteiger partial charge in [-0.15, -0.1) is 4.68 Å². The average molecular weight is 269 g/mol. The third-order valence-corrected chi connectivity index (χ3v) is 2.34. The first-order chi connectivity index (χ1) is 8.49. The smallest absolute Gasteiger partial charge is 0.390 e. The summed E-state index contributed by atoms with van der Waals surface area (Å²) in [5.74, 6) is -1.52. The third-order valence-electron chi connectivity index (χ3n) is 2.03. The SMILES string of the molecule is O=C(O)c1nc(-n2ccc([N+](=O)[O-])n2)ccc1Cl. The molecule has 18 heavy (non-hydrogen) atoms. The standard InChI is InChI=1S/C9H5ClN4O4/c10-5-1-2-6(11-8(5)9(15)16)13-4-3-7(12-13)14(17)18/h1-4H,(H,15,16). The van der Waals surface area contributed by atoms with Gasteiger partial charge in [-0.25, -0.2) is 9.78 Å². The number of carbonyl (C=O) groups is 1. The van der Waals surface area contributed by atoms with E-state index in [9.17, 15) is 14.9 Å². The summed E-state index contributed by atoms with van der Waals surface area (Å²) in [4.78, 5) is 24.4. The Kier molecular flexibility index (Phi) is 2.94. The van der Waals surface area contributed by atoms with Crippen LogP contribution in [0.15, 0.2) is 24.4 Å². The van der Waals surface area contributed by atoms with Crippen molar-refractivity contribution < 1.29 is 14.8 Å². The Morgan fingerprint density at radius 1 is 1.44 bits per heavy atom. The zero-order valence-corrected chi connectivity index (χ0v) is 9.40. The molecule has 2 aromatic rings. The topological polar surface area (TPSA) is 111 Å². The Morgan fingerprint density at radius 3 is 2.72 bits per heavy atom. The van der Waals surface area contributed by atoms with E-state index in [0.29, 0.717) is 0 Å². The van der Waals surface area contributed by atoms with E-state index in [2.05, 4.69) is 10.1 Å². The van der Waals surface area contributed by atoms with Gasteiger partial charge in [0.2, 0.25) is 0 Å². The van der Waals surface area contributed by atoms with Crippen LogP contribution in [0.5, 0.6) is 0 Å². The van der Waals surface area contributed by atoms with Gasteiger partial charge in [-0.05, 0) is 17.1 Å². The van der Waals surface area contributed by atoms with Crippen LogP contribution in [-0.2, 0) is 0 Å². The molecular weight excluding hydrogens is 264 g/mol. The summed E-state index contributed by atoms with van der Waals surface area (Å²) in [6.07, 6.45) is 1.31. The lowest BCUT2D eigenvalue weighted by Gasteiger charge is -2.00. The zero-order valence-electron chi connectivity index (χ0n) is 8.65. The van der Waals surface area contributed by atoms with Crippen LogP contribution in [0.25, 0.3) is 5.82 Å². The molecule has 0 aromatic carbocycles. The van der Waals surface area contributed by atoms with Crippen LogP contribution >= 0.6 is 11.6 Å². The molecule has 8 nitrogen and oxygen atoms in total. The Balaban J connectivity index is 2.47. The molecular formula is C9H5ClN4O4. The van der Waals surface area contributed by atoms with Crippen LogP contribution in [0, 0.1) is 10.1 Å². The number of hydrogen-bond donors (Lipinski definition) is 1. The van der Waals surface area contributed by atoms with Gasteiger partial charge in [-0.3, -0.25) is 0 Å². The summed E-state index contributed by atoms with van der Waals surface area (Å²) in [5.41, 5.74) is -0.340. The molecule has 2 aromatic heterocycles. The first-order valence-electron chi connectivity index (χ1n) is 4.59. The molecule has 0 unspecified atom stereocenters. The Labute approximate surface area is 105 Å². The molecule has 0 aliphatic rings. The summed E-state index contributed by atoms with van der Waals surface area (Å²) in [6, 6.07) is 3.92. The second-order valence-electron chi connectivity index (χ2n) is 3.18. The first kappa shape index (κ1) is 12.0. The van der Waals surface area contributed by atoms with Crippen LogP contribution in [0.3, 0.4) is 0 Å². The van der Waals surface area contributed by atoms with Gasteiger partial charge in [0.05, 0.1) is 22.4 Å². The zero-order chi connectivity index (χ0) is 13.3. The number of aromatic carboxylic acids is 1. The van der Waals surface area contributed by atoms with Crippen LogP contribution in [-0.4, -0.2) is 30.8 Å². The molecule has 92 valence electrons. The quantitative estimate of drug-likeness (QED) is 0.667. The fourth-order valence-electron chi connectivity index (χ4n) is 1.25. The van der Waals surface area contributed by atoms with Crippen molar-refractivity contribution in [1.82, 2.24) is 14.8 Å². The number of rotatable bonds is 3. The number of halogens is 1. The van der Waals surface area contributed by atoms with E-state index in [1.165, 1.54) is 24.4 Å². The molecule has 0 aliphatic heterocycles. The lowest BCUT2D eigenvalue weighted by Crippen LogP contribution is -2.06. The molecule has 0 fully saturated rings. The number of carboxylic acid groups (broad SMARTS) is 1. The summed E-state index contributed by atoms with van der Waals surface area (Å²) >= 11 is 5.65. The van der Waals surface area contributed by atoms with Crippen molar-refractivity contribution >= 4 is 23.4 Å². The van der Waals surface area contributed by atoms with E-state index >= 15 is 0 Å². The monoisotopic (exact) mass is 268 g/mol. The molecule has 0 amide bonds. The maximum absolute atomic E-state index is 10.8. The van der Waals surface area contributed by atoms with Gasteiger partial charge in [0, 0.05) is 0 Å². The highest BCUT2D eigenvalue weighted by Gasteiger charge is 2.16. The summed E-state index contributed by atoms with van der Waals surface area (Å²) in [5, 5.41) is 22.9. The van der Waals surface area contributed by atoms with E-state index in [4.69, 9.17) is 16.7 Å². The molecule has 0 aliphatic carbocycles. The molecule has 0 radical (unpaired) electrons. The van der Waals surface area contributed by atoms with Crippen LogP contribution in [0.4, 0.5) is 5.82 Å². The lowest BCUT2D eigenvalue weighted by atomic mass is 10.3. The Bertz CT molecular complexity index is 639. The second-order valence-corrected chi connectivity index (χ2v) is 3.59. The second kappa shape index (κ2) is 4.41. The number of nitro groups is 1. The van der Waals surface area contributed by atoms with E-state index in [1.807, 2.05) is 0 Å². The lowest BCUT2D eigenvalue weighted by molar-refractivity contribution is -0.389. The molecule has 2 heterocycles. The van der Waals surface area contributed by atoms with Crippen molar-refractivity contribution in [2.45, 2.75) is 0 Å². The van der Waals surface area contributed by atoms with Gasteiger partial charge < -0.3 is 15.2 Å². The molecule has 1 N–H and O–H groups in total. The van der Waals surface area contributed by atoms with Gasteiger partial charge in [0.1, 0.15) is 0 Å². The van der Waals surface area contributed by atoms with Gasteiger partial charge in [-0.1, -0.05) is 11.6 Å². The van der Waals surface area contributed by atoms with Crippen molar-refractivity contribution in [2.24, 2.45) is 0 Å². The minimum atomic E-state index is -1.29. The Hall–Kier alpha value is -2.48. The van der Waals surface area contributed by atoms with Crippen LogP contribution in [0.2, 0.25) is 5.02 Å². The van der Waals surface area contributed by atoms with Crippen LogP contribution in [0.1, 0.15) is 10.5 Å². The van der Waals surface area contributed by atoms with Gasteiger partial charge in [0.25, 0.3) is 0 Å². The molecule has 0 saturated carbocycles. The first-order valence-corrected chi connectivity index (χ1v) is 4.97. The van der Waals surface area contributed by atoms with Crippen LogP contribution < -0.4 is 0 Å². The van der Waals surface area contributed by atoms with E-state index in [1.54, 1.807) is 0 Å². The fraction of sp³-hybridized carbons (Fsp3) is 0. The third kappa shape index (κ3) is 2.13. The Morgan fingerprint density at radius 2 is 2.17 bits per heavy atom. The average Bonchev–Trinajstić information content (AvgIpc) is 2.78. The van der Waals surface area contributed by atoms with E-state index < -0.39 is 10.9 Å². The fourth-order valence-corrected chi connectivity index (χ4v) is 1.43. The van der Waals surface area contributed by atoms with Gasteiger partial charge >= 0.3 is 11.8 Å². The van der Waals surface area contributed by atoms with Gasteiger partial charge in [0.15, 0.2) is 11.5 Å². The maximum Gasteiger partial charge on any atom is 0.390 e. The van der Waals surface area contributed by atoms with Gasteiger partial charge in [-0.2, -0.15) is 0 Å². The predicted octanol–water partition coefficient (Wildman–Crippen LogP) is 1.53. The van der Waals surface area contributed by atoms with Crippen molar-refractivity contribution in [3.63, 3.8) is 0 Å². The summed E-state index contributed by atoms with van der Waals surface area (Å²) < 4.78 is 1.10. The highest BCUT2D eigenvalue weighted by Crippen LogP contribution is 2.17. The predicted molar refractivity (Wildman–Crippen MR) is 60.0 cm³/mol. The number of carboxylic acids is 1. The van der Waals surface area contributed by atoms with Crippen molar-refractivity contribution in [2.75, 3.05) is 0 Å². The van der Waals surface area contributed by atoms with E-state index in [-0.39, 0.29) is 22.4 Å². The molecule has 0 atom stereocenters. The minimum absolute atomic E-state index is 0.0205. The molecule has 0 spiro atoms. The molecule has 0 saturated heterocycles. The normalized spacial score (nSPS) is 10.3. The largest absolute Gasteiger partial charge is 0.476 e. The summed E-state index contributed by atoms with van der Waals surface area (Å²) in [7, 11) is 0. The van der Waals surface area contributed by atoms with Crippen molar-refractivity contribution in [3.05, 3.63) is 45.2 Å². The van der Waals surface area contributed by atoms with Crippen molar-refractivity contribution in [1.29, 1.82) is 0 Å². The number of pyridine rings is 1. The highest BCUT2D eigenvalue weighted by atomic mass is 35.5. The minimum Gasteiger partial charge on any atom is -0.476 e. The molecule has 9 heteroatoms. The number of nitrogens with zero attached hydrogens (tertiary/aromatic N) is 4. The highest BCUT2D eigenvalue weighted by molar-refractivity contribution is 6.33. The van der Waals surface area contributed by atoms with Crippen molar-refractivity contribution in [3.8, 4) is 5.82 Å². The molecule has 0 bridgehead atoms. The van der Waals surface area contributed by atoms with E-state index in [0.717, 1.165) is 4.68 Å². The summed E-state index contributed by atoms with van der Waals surface area (Å²) in [6.45, 7) is 0. The molecule has 2 rings (SSSR count).